The fraction of sp³-hybridized carbons (Fsp3) is 0.500. The fourth-order valence-corrected chi connectivity index (χ4v) is 1.46. The SMILES string of the molecule is CC(C)c1ccc(OCC(=O)NCCCO)cc1. The van der Waals surface area contributed by atoms with Crippen LogP contribution in [-0.4, -0.2) is 30.8 Å². The Labute approximate surface area is 108 Å². The van der Waals surface area contributed by atoms with Gasteiger partial charge >= 0.3 is 0 Å². The minimum atomic E-state index is -0.170. The van der Waals surface area contributed by atoms with E-state index >= 15 is 0 Å². The molecule has 0 heterocycles. The second-order valence-electron chi connectivity index (χ2n) is 4.44. The largest absolute Gasteiger partial charge is 0.484 e. The van der Waals surface area contributed by atoms with Crippen LogP contribution >= 0.6 is 0 Å². The summed E-state index contributed by atoms with van der Waals surface area (Å²) in [4.78, 5) is 11.3. The molecular formula is C14H21NO3. The zero-order chi connectivity index (χ0) is 13.4. The summed E-state index contributed by atoms with van der Waals surface area (Å²) >= 11 is 0. The lowest BCUT2D eigenvalue weighted by Crippen LogP contribution is -2.30. The van der Waals surface area contributed by atoms with Crippen LogP contribution in [0.3, 0.4) is 0 Å². The normalized spacial score (nSPS) is 10.4. The van der Waals surface area contributed by atoms with Gasteiger partial charge in [0.15, 0.2) is 6.61 Å². The number of nitrogens with one attached hydrogen (secondary N) is 1. The molecule has 2 N–H and O–H groups in total. The number of benzene rings is 1. The zero-order valence-corrected chi connectivity index (χ0v) is 11.0. The van der Waals surface area contributed by atoms with E-state index in [1.807, 2.05) is 24.3 Å². The summed E-state index contributed by atoms with van der Waals surface area (Å²) in [6.45, 7) is 4.82. The highest BCUT2D eigenvalue weighted by atomic mass is 16.5. The van der Waals surface area contributed by atoms with Crippen LogP contribution < -0.4 is 10.1 Å². The Morgan fingerprint density at radius 2 is 2.00 bits per heavy atom. The van der Waals surface area contributed by atoms with Crippen LogP contribution in [-0.2, 0) is 4.79 Å². The molecule has 18 heavy (non-hydrogen) atoms. The van der Waals surface area contributed by atoms with Crippen LogP contribution in [0.25, 0.3) is 0 Å². The Balaban J connectivity index is 2.32. The Morgan fingerprint density at radius 3 is 2.56 bits per heavy atom. The summed E-state index contributed by atoms with van der Waals surface area (Å²) in [5, 5.41) is 11.2. The van der Waals surface area contributed by atoms with Crippen molar-refractivity contribution in [2.45, 2.75) is 26.2 Å². The van der Waals surface area contributed by atoms with E-state index in [1.54, 1.807) is 0 Å². The van der Waals surface area contributed by atoms with Crippen LogP contribution in [0, 0.1) is 0 Å². The van der Waals surface area contributed by atoms with Gasteiger partial charge in [0, 0.05) is 13.2 Å². The quantitative estimate of drug-likeness (QED) is 0.725. The number of amides is 1. The number of carbonyl (C=O) groups excluding carboxylic acids is 1. The van der Waals surface area contributed by atoms with Crippen LogP contribution in [0.4, 0.5) is 0 Å². The molecule has 0 bridgehead atoms. The standard InChI is InChI=1S/C14H21NO3/c1-11(2)12-4-6-13(7-5-12)18-10-14(17)15-8-3-9-16/h4-7,11,16H,3,8-10H2,1-2H3,(H,15,17). The molecule has 1 amide bonds. The molecular weight excluding hydrogens is 230 g/mol. The van der Waals surface area contributed by atoms with Gasteiger partial charge in [-0.15, -0.1) is 0 Å². The third-order valence-electron chi connectivity index (χ3n) is 2.57. The summed E-state index contributed by atoms with van der Waals surface area (Å²) in [7, 11) is 0. The molecule has 4 nitrogen and oxygen atoms in total. The lowest BCUT2D eigenvalue weighted by atomic mass is 10.0. The average molecular weight is 251 g/mol. The molecule has 0 saturated heterocycles. The van der Waals surface area contributed by atoms with Crippen molar-refractivity contribution in [2.75, 3.05) is 19.8 Å². The highest BCUT2D eigenvalue weighted by Crippen LogP contribution is 2.18. The number of ether oxygens (including phenoxy) is 1. The number of carbonyl (C=O) groups is 1. The number of hydrogen-bond donors (Lipinski definition) is 2. The van der Waals surface area contributed by atoms with Gasteiger partial charge in [-0.2, -0.15) is 0 Å². The van der Waals surface area contributed by atoms with Gasteiger partial charge in [0.05, 0.1) is 0 Å². The van der Waals surface area contributed by atoms with Gasteiger partial charge in [-0.05, 0) is 30.0 Å². The van der Waals surface area contributed by atoms with Gasteiger partial charge in [-0.1, -0.05) is 26.0 Å². The Kier molecular flexibility index (Phi) is 6.22. The molecule has 1 aromatic carbocycles. The van der Waals surface area contributed by atoms with Crippen molar-refractivity contribution in [2.24, 2.45) is 0 Å². The molecule has 0 radical (unpaired) electrons. The molecule has 0 aliphatic carbocycles. The monoisotopic (exact) mass is 251 g/mol. The van der Waals surface area contributed by atoms with E-state index in [9.17, 15) is 4.79 Å². The summed E-state index contributed by atoms with van der Waals surface area (Å²) in [5.41, 5.74) is 1.25. The molecule has 1 rings (SSSR count). The van der Waals surface area contributed by atoms with Crippen molar-refractivity contribution in [1.29, 1.82) is 0 Å². The summed E-state index contributed by atoms with van der Waals surface area (Å²) < 4.78 is 5.36. The van der Waals surface area contributed by atoms with Crippen molar-refractivity contribution in [3.63, 3.8) is 0 Å². The first-order valence-electron chi connectivity index (χ1n) is 6.24. The van der Waals surface area contributed by atoms with Gasteiger partial charge in [-0.3, -0.25) is 4.79 Å². The minimum Gasteiger partial charge on any atom is -0.484 e. The van der Waals surface area contributed by atoms with E-state index in [1.165, 1.54) is 5.56 Å². The summed E-state index contributed by atoms with van der Waals surface area (Å²) in [6.07, 6.45) is 0.564. The molecule has 0 spiro atoms. The second-order valence-corrected chi connectivity index (χ2v) is 4.44. The predicted molar refractivity (Wildman–Crippen MR) is 70.7 cm³/mol. The lowest BCUT2D eigenvalue weighted by molar-refractivity contribution is -0.123. The van der Waals surface area contributed by atoms with Gasteiger partial charge in [0.1, 0.15) is 5.75 Å². The molecule has 0 saturated carbocycles. The third kappa shape index (κ3) is 5.19. The molecule has 0 aromatic heterocycles. The van der Waals surface area contributed by atoms with E-state index in [0.29, 0.717) is 24.6 Å². The van der Waals surface area contributed by atoms with Crippen LogP contribution in [0.15, 0.2) is 24.3 Å². The first-order chi connectivity index (χ1) is 8.63. The molecule has 0 aliphatic rings. The van der Waals surface area contributed by atoms with Gasteiger partial charge in [0.2, 0.25) is 0 Å². The molecule has 4 heteroatoms. The maximum Gasteiger partial charge on any atom is 0.257 e. The highest BCUT2D eigenvalue weighted by molar-refractivity contribution is 5.77. The molecule has 0 aliphatic heterocycles. The van der Waals surface area contributed by atoms with Gasteiger partial charge < -0.3 is 15.2 Å². The van der Waals surface area contributed by atoms with Crippen molar-refractivity contribution in [3.8, 4) is 5.75 Å². The maximum absolute atomic E-state index is 11.3. The molecule has 0 atom stereocenters. The Hall–Kier alpha value is -1.55. The van der Waals surface area contributed by atoms with E-state index in [0.717, 1.165) is 0 Å². The third-order valence-corrected chi connectivity index (χ3v) is 2.57. The molecule has 0 unspecified atom stereocenters. The van der Waals surface area contributed by atoms with Crippen LogP contribution in [0.5, 0.6) is 5.75 Å². The minimum absolute atomic E-state index is 0.00640. The predicted octanol–water partition coefficient (Wildman–Crippen LogP) is 1.69. The van der Waals surface area contributed by atoms with Crippen molar-refractivity contribution >= 4 is 5.91 Å². The van der Waals surface area contributed by atoms with E-state index in [2.05, 4.69) is 19.2 Å². The topological polar surface area (TPSA) is 58.6 Å². The first-order valence-corrected chi connectivity index (χ1v) is 6.24. The molecule has 0 fully saturated rings. The van der Waals surface area contributed by atoms with Crippen LogP contribution in [0.2, 0.25) is 0 Å². The summed E-state index contributed by atoms with van der Waals surface area (Å²) in [6, 6.07) is 7.75. The van der Waals surface area contributed by atoms with Gasteiger partial charge in [-0.25, -0.2) is 0 Å². The average Bonchev–Trinajstić information content (AvgIpc) is 2.37. The molecule has 100 valence electrons. The molecule has 1 aromatic rings. The Bertz CT molecular complexity index is 360. The second kappa shape index (κ2) is 7.71. The fourth-order valence-electron chi connectivity index (χ4n) is 1.46. The smallest absolute Gasteiger partial charge is 0.257 e. The van der Waals surface area contributed by atoms with Gasteiger partial charge in [0.25, 0.3) is 5.91 Å². The number of aliphatic hydroxyl groups is 1. The van der Waals surface area contributed by atoms with E-state index < -0.39 is 0 Å². The summed E-state index contributed by atoms with van der Waals surface area (Å²) in [5.74, 6) is 1.01. The number of rotatable bonds is 7. The lowest BCUT2D eigenvalue weighted by Gasteiger charge is -2.09. The Morgan fingerprint density at radius 1 is 1.33 bits per heavy atom. The highest BCUT2D eigenvalue weighted by Gasteiger charge is 2.03. The van der Waals surface area contributed by atoms with E-state index in [-0.39, 0.29) is 19.1 Å². The first kappa shape index (κ1) is 14.5. The van der Waals surface area contributed by atoms with Crippen molar-refractivity contribution in [1.82, 2.24) is 5.32 Å². The zero-order valence-electron chi connectivity index (χ0n) is 11.0. The van der Waals surface area contributed by atoms with Crippen molar-refractivity contribution < 1.29 is 14.6 Å². The van der Waals surface area contributed by atoms with E-state index in [4.69, 9.17) is 9.84 Å². The van der Waals surface area contributed by atoms with Crippen LogP contribution in [0.1, 0.15) is 31.7 Å². The maximum atomic E-state index is 11.3. The number of hydrogen-bond acceptors (Lipinski definition) is 3. The number of aliphatic hydroxyl groups excluding tert-OH is 1. The van der Waals surface area contributed by atoms with Crippen molar-refractivity contribution in [3.05, 3.63) is 29.8 Å².